The first-order valence-corrected chi connectivity index (χ1v) is 15.6. The van der Waals surface area contributed by atoms with E-state index in [2.05, 4.69) is 20.8 Å². The second-order valence-corrected chi connectivity index (χ2v) is 12.1. The van der Waals surface area contributed by atoms with Crippen LogP contribution < -0.4 is 10.6 Å². The van der Waals surface area contributed by atoms with Gasteiger partial charge in [0.15, 0.2) is 11.0 Å². The molecule has 1 heterocycles. The summed E-state index contributed by atoms with van der Waals surface area (Å²) in [4.78, 5) is 25.6. The molecule has 4 aromatic rings. The van der Waals surface area contributed by atoms with Crippen LogP contribution in [-0.4, -0.2) is 58.1 Å². The quantitative estimate of drug-likeness (QED) is 0.228. The molecule has 42 heavy (non-hydrogen) atoms. The zero-order valence-electron chi connectivity index (χ0n) is 23.4. The molecule has 0 unspecified atom stereocenters. The van der Waals surface area contributed by atoms with E-state index in [9.17, 15) is 22.4 Å². The Labute approximate surface area is 248 Å². The summed E-state index contributed by atoms with van der Waals surface area (Å²) in [6.45, 7) is 6.21. The van der Waals surface area contributed by atoms with Crippen LogP contribution >= 0.6 is 11.8 Å². The summed E-state index contributed by atoms with van der Waals surface area (Å²) in [5.41, 5.74) is 2.53. The lowest BCUT2D eigenvalue weighted by Crippen LogP contribution is -2.30. The van der Waals surface area contributed by atoms with Gasteiger partial charge in [0.1, 0.15) is 5.82 Å². The lowest BCUT2D eigenvalue weighted by atomic mass is 10.2. The number of aromatic nitrogens is 3. The molecule has 2 amide bonds. The van der Waals surface area contributed by atoms with E-state index >= 15 is 0 Å². The van der Waals surface area contributed by atoms with Gasteiger partial charge in [0.2, 0.25) is 15.9 Å². The van der Waals surface area contributed by atoms with Gasteiger partial charge in [-0.3, -0.25) is 14.2 Å². The molecule has 3 aromatic carbocycles. The van der Waals surface area contributed by atoms with Crippen molar-refractivity contribution in [2.24, 2.45) is 0 Å². The van der Waals surface area contributed by atoms with Crippen molar-refractivity contribution in [3.05, 3.63) is 95.6 Å². The number of halogens is 1. The molecule has 0 aliphatic carbocycles. The van der Waals surface area contributed by atoms with Crippen LogP contribution in [-0.2, 0) is 21.4 Å². The Kier molecular flexibility index (Phi) is 10.1. The molecule has 13 heteroatoms. The third kappa shape index (κ3) is 7.41. The van der Waals surface area contributed by atoms with Crippen LogP contribution in [0.1, 0.15) is 35.6 Å². The summed E-state index contributed by atoms with van der Waals surface area (Å²) in [5, 5.41) is 14.5. The van der Waals surface area contributed by atoms with E-state index in [-0.39, 0.29) is 23.1 Å². The number of carbonyl (C=O) groups is 2. The van der Waals surface area contributed by atoms with Gasteiger partial charge in [-0.25, -0.2) is 12.8 Å². The number of rotatable bonds is 12. The number of nitrogens with one attached hydrogen (secondary N) is 2. The van der Waals surface area contributed by atoms with E-state index in [1.165, 1.54) is 64.6 Å². The van der Waals surface area contributed by atoms with Crippen LogP contribution in [0.2, 0.25) is 0 Å². The third-order valence-electron chi connectivity index (χ3n) is 6.29. The van der Waals surface area contributed by atoms with Gasteiger partial charge in [0.05, 0.1) is 17.2 Å². The molecule has 0 bridgehead atoms. The minimum Gasteiger partial charge on any atom is -0.345 e. The summed E-state index contributed by atoms with van der Waals surface area (Å²) in [6, 6.07) is 18.9. The Balaban J connectivity index is 1.48. The maximum absolute atomic E-state index is 13.2. The average Bonchev–Trinajstić information content (AvgIpc) is 3.39. The SMILES string of the molecule is CCN(CC)S(=O)(=O)c1ccc(C(=O)NCc2nnc(SCC(=O)Nc3ccc(F)cc3)n2-c2cccc(C)c2)cc1. The molecule has 1 aromatic heterocycles. The number of nitrogens with zero attached hydrogens (tertiary/aromatic N) is 4. The number of anilines is 1. The molecular formula is C29H31FN6O4S2. The second kappa shape index (κ2) is 13.7. The first kappa shape index (κ1) is 30.9. The molecule has 0 aliphatic heterocycles. The van der Waals surface area contributed by atoms with Crippen molar-refractivity contribution in [1.82, 2.24) is 24.4 Å². The largest absolute Gasteiger partial charge is 0.345 e. The summed E-state index contributed by atoms with van der Waals surface area (Å²) >= 11 is 1.17. The van der Waals surface area contributed by atoms with Gasteiger partial charge in [-0.2, -0.15) is 4.31 Å². The normalized spacial score (nSPS) is 11.5. The van der Waals surface area contributed by atoms with Crippen LogP contribution in [0.15, 0.2) is 82.8 Å². The standard InChI is InChI=1S/C29H31FN6O4S2/c1-4-35(5-2)42(39,40)25-15-9-21(10-16-25)28(38)31-18-26-33-34-29(36(26)24-8-6-7-20(3)17-24)41-19-27(37)32-23-13-11-22(30)12-14-23/h6-17H,4-5,18-19H2,1-3H3,(H,31,38)(H,32,37). The maximum Gasteiger partial charge on any atom is 0.251 e. The van der Waals surface area contributed by atoms with Gasteiger partial charge in [0, 0.05) is 30.0 Å². The van der Waals surface area contributed by atoms with Gasteiger partial charge < -0.3 is 10.6 Å². The van der Waals surface area contributed by atoms with Crippen molar-refractivity contribution in [1.29, 1.82) is 0 Å². The maximum atomic E-state index is 13.2. The van der Waals surface area contributed by atoms with E-state index in [0.29, 0.717) is 35.3 Å². The minimum absolute atomic E-state index is 0.0242. The van der Waals surface area contributed by atoms with Gasteiger partial charge in [0.25, 0.3) is 5.91 Å². The number of thioether (sulfide) groups is 1. The number of hydrogen-bond acceptors (Lipinski definition) is 7. The molecule has 0 fully saturated rings. The number of aryl methyl sites for hydroxylation is 1. The molecule has 4 rings (SSSR count). The highest BCUT2D eigenvalue weighted by Crippen LogP contribution is 2.23. The highest BCUT2D eigenvalue weighted by molar-refractivity contribution is 7.99. The molecule has 220 valence electrons. The lowest BCUT2D eigenvalue weighted by Gasteiger charge is -2.18. The monoisotopic (exact) mass is 610 g/mol. The van der Waals surface area contributed by atoms with Crippen molar-refractivity contribution in [3.8, 4) is 5.69 Å². The van der Waals surface area contributed by atoms with Crippen molar-refractivity contribution >= 4 is 39.3 Å². The van der Waals surface area contributed by atoms with Crippen LogP contribution in [0.3, 0.4) is 0 Å². The second-order valence-electron chi connectivity index (χ2n) is 9.21. The summed E-state index contributed by atoms with van der Waals surface area (Å²) in [5.74, 6) is -0.638. The summed E-state index contributed by atoms with van der Waals surface area (Å²) < 4.78 is 41.8. The number of hydrogen-bond donors (Lipinski definition) is 2. The van der Waals surface area contributed by atoms with Crippen LogP contribution in [0, 0.1) is 12.7 Å². The molecule has 0 atom stereocenters. The van der Waals surface area contributed by atoms with E-state index in [0.717, 1.165) is 11.3 Å². The van der Waals surface area contributed by atoms with Crippen molar-refractivity contribution < 1.29 is 22.4 Å². The van der Waals surface area contributed by atoms with Crippen LogP contribution in [0.25, 0.3) is 5.69 Å². The van der Waals surface area contributed by atoms with Gasteiger partial charge in [-0.15, -0.1) is 10.2 Å². The smallest absolute Gasteiger partial charge is 0.251 e. The average molecular weight is 611 g/mol. The van der Waals surface area contributed by atoms with Crippen LogP contribution in [0.5, 0.6) is 0 Å². The number of carbonyl (C=O) groups excluding carboxylic acids is 2. The number of sulfonamides is 1. The fourth-order valence-corrected chi connectivity index (χ4v) is 6.38. The van der Waals surface area contributed by atoms with E-state index in [1.807, 2.05) is 31.2 Å². The highest BCUT2D eigenvalue weighted by Gasteiger charge is 2.22. The van der Waals surface area contributed by atoms with E-state index in [4.69, 9.17) is 0 Å². The van der Waals surface area contributed by atoms with Crippen LogP contribution in [0.4, 0.5) is 10.1 Å². The van der Waals surface area contributed by atoms with E-state index in [1.54, 1.807) is 18.4 Å². The number of amides is 2. The third-order valence-corrected chi connectivity index (χ3v) is 9.28. The predicted molar refractivity (Wildman–Crippen MR) is 160 cm³/mol. The zero-order chi connectivity index (χ0) is 30.3. The summed E-state index contributed by atoms with van der Waals surface area (Å²) in [7, 11) is -3.63. The van der Waals surface area contributed by atoms with Crippen molar-refractivity contribution in [2.45, 2.75) is 37.4 Å². The molecule has 0 aliphatic rings. The summed E-state index contributed by atoms with van der Waals surface area (Å²) in [6.07, 6.45) is 0. The van der Waals surface area contributed by atoms with Gasteiger partial charge in [-0.05, 0) is 73.2 Å². The van der Waals surface area contributed by atoms with Gasteiger partial charge in [-0.1, -0.05) is 37.7 Å². The minimum atomic E-state index is -3.63. The topological polar surface area (TPSA) is 126 Å². The van der Waals surface area contributed by atoms with Gasteiger partial charge >= 0.3 is 0 Å². The first-order valence-electron chi connectivity index (χ1n) is 13.2. The highest BCUT2D eigenvalue weighted by atomic mass is 32.2. The Morgan fingerprint density at radius 1 is 0.976 bits per heavy atom. The molecule has 2 N–H and O–H groups in total. The Morgan fingerprint density at radius 3 is 2.31 bits per heavy atom. The molecule has 0 saturated heterocycles. The Hall–Kier alpha value is -4.07. The molecule has 0 spiro atoms. The molecule has 10 nitrogen and oxygen atoms in total. The Morgan fingerprint density at radius 2 is 1.67 bits per heavy atom. The molecule has 0 saturated carbocycles. The first-order chi connectivity index (χ1) is 20.1. The number of benzene rings is 3. The van der Waals surface area contributed by atoms with Crippen molar-refractivity contribution in [2.75, 3.05) is 24.2 Å². The Bertz CT molecular complexity index is 1650. The zero-order valence-corrected chi connectivity index (χ0v) is 25.0. The van der Waals surface area contributed by atoms with E-state index < -0.39 is 21.7 Å². The van der Waals surface area contributed by atoms with Crippen molar-refractivity contribution in [3.63, 3.8) is 0 Å². The fraction of sp³-hybridized carbons (Fsp3) is 0.241. The predicted octanol–water partition coefficient (Wildman–Crippen LogP) is 4.41. The lowest BCUT2D eigenvalue weighted by molar-refractivity contribution is -0.113. The fourth-order valence-electron chi connectivity index (χ4n) is 4.15. The molecular weight excluding hydrogens is 579 g/mol. The molecule has 0 radical (unpaired) electrons.